The van der Waals surface area contributed by atoms with Crippen LogP contribution in [0.2, 0.25) is 0 Å². The topological polar surface area (TPSA) is 55.3 Å². The lowest BCUT2D eigenvalue weighted by Crippen LogP contribution is -2.38. The second-order valence-electron chi connectivity index (χ2n) is 10.9. The maximum Gasteiger partial charge on any atom is 0.310 e. The zero-order valence-electron chi connectivity index (χ0n) is 21.6. The molecule has 0 amide bonds. The smallest absolute Gasteiger partial charge is 0.310 e. The van der Waals surface area contributed by atoms with E-state index in [4.69, 9.17) is 14.7 Å². The van der Waals surface area contributed by atoms with Gasteiger partial charge in [0.25, 0.3) is 0 Å². The van der Waals surface area contributed by atoms with Crippen LogP contribution in [0.4, 0.5) is 5.69 Å². The predicted octanol–water partition coefficient (Wildman–Crippen LogP) is 6.16. The van der Waals surface area contributed by atoms with Crippen LogP contribution < -0.4 is 4.90 Å². The van der Waals surface area contributed by atoms with Gasteiger partial charge in [-0.15, -0.1) is 0 Å². The van der Waals surface area contributed by atoms with E-state index in [0.29, 0.717) is 11.3 Å². The summed E-state index contributed by atoms with van der Waals surface area (Å²) in [5.41, 5.74) is 6.55. The summed E-state index contributed by atoms with van der Waals surface area (Å²) in [5, 5.41) is 0. The molecule has 33 heavy (non-hydrogen) atoms. The number of rotatable bonds is 8. The van der Waals surface area contributed by atoms with Gasteiger partial charge >= 0.3 is 5.97 Å². The molecular weight excluding hydrogens is 410 g/mol. The highest BCUT2D eigenvalue weighted by Gasteiger charge is 2.29. The first-order valence-electron chi connectivity index (χ1n) is 12.4. The summed E-state index contributed by atoms with van der Waals surface area (Å²) < 4.78 is 5.49. The lowest BCUT2D eigenvalue weighted by atomic mass is 9.82. The molecule has 0 aliphatic carbocycles. The molecule has 5 nitrogen and oxygen atoms in total. The van der Waals surface area contributed by atoms with E-state index in [9.17, 15) is 4.79 Å². The van der Waals surface area contributed by atoms with Gasteiger partial charge in [-0.2, -0.15) is 0 Å². The van der Waals surface area contributed by atoms with Gasteiger partial charge in [0.15, 0.2) is 0 Å². The van der Waals surface area contributed by atoms with Gasteiger partial charge in [0.2, 0.25) is 0 Å². The number of carbonyl (C=O) groups excluding carboxylic acids is 1. The monoisotopic (exact) mass is 451 g/mol. The predicted molar refractivity (Wildman–Crippen MR) is 136 cm³/mol. The molecule has 1 fully saturated rings. The molecule has 0 bridgehead atoms. The number of pyridine rings is 2. The van der Waals surface area contributed by atoms with Crippen LogP contribution >= 0.6 is 0 Å². The van der Waals surface area contributed by atoms with Crippen LogP contribution in [0.15, 0.2) is 24.5 Å². The van der Waals surface area contributed by atoms with Crippen molar-refractivity contribution in [2.75, 3.05) is 18.0 Å². The molecule has 0 N–H and O–H groups in total. The van der Waals surface area contributed by atoms with E-state index in [2.05, 4.69) is 44.7 Å². The van der Waals surface area contributed by atoms with Gasteiger partial charge in [0, 0.05) is 53.6 Å². The standard InChI is InChI=1S/C28H41N3O2/c1-19(2)8-10-23-11-9-22(17-30-23)25-18-29-21(5)24(16-26(32)33-20(3)4)27(25)31-14-12-28(6,7)13-15-31/h9,11,17-20H,8,10,12-16H2,1-7H3. The fourth-order valence-electron chi connectivity index (χ4n) is 4.37. The first-order valence-corrected chi connectivity index (χ1v) is 12.4. The molecule has 5 heteroatoms. The third-order valence-electron chi connectivity index (χ3n) is 6.60. The van der Waals surface area contributed by atoms with Crippen molar-refractivity contribution in [3.05, 3.63) is 41.5 Å². The van der Waals surface area contributed by atoms with E-state index in [1.54, 1.807) is 0 Å². The van der Waals surface area contributed by atoms with E-state index in [0.717, 1.165) is 72.5 Å². The number of hydrogen-bond acceptors (Lipinski definition) is 5. The number of aryl methyl sites for hydroxylation is 2. The Hall–Kier alpha value is -2.43. The number of esters is 1. The van der Waals surface area contributed by atoms with Crippen molar-refractivity contribution in [2.45, 2.75) is 86.7 Å². The molecular formula is C28H41N3O2. The first-order chi connectivity index (χ1) is 15.6. The average molecular weight is 452 g/mol. The summed E-state index contributed by atoms with van der Waals surface area (Å²) in [4.78, 5) is 24.5. The highest BCUT2D eigenvalue weighted by atomic mass is 16.5. The molecule has 180 valence electrons. The summed E-state index contributed by atoms with van der Waals surface area (Å²) in [7, 11) is 0. The number of carbonyl (C=O) groups is 1. The van der Waals surface area contributed by atoms with Crippen molar-refractivity contribution in [1.29, 1.82) is 0 Å². The van der Waals surface area contributed by atoms with Gasteiger partial charge in [0.05, 0.1) is 18.2 Å². The minimum absolute atomic E-state index is 0.129. The van der Waals surface area contributed by atoms with Gasteiger partial charge in [-0.3, -0.25) is 14.8 Å². The molecule has 2 aromatic rings. The minimum atomic E-state index is -0.201. The maximum absolute atomic E-state index is 12.7. The Morgan fingerprint density at radius 1 is 1.09 bits per heavy atom. The van der Waals surface area contributed by atoms with E-state index in [1.165, 1.54) is 0 Å². The first kappa shape index (κ1) is 25.2. The summed E-state index contributed by atoms with van der Waals surface area (Å²) in [6.45, 7) is 16.9. The van der Waals surface area contributed by atoms with Crippen molar-refractivity contribution < 1.29 is 9.53 Å². The zero-order chi connectivity index (χ0) is 24.2. The number of aromatic nitrogens is 2. The third-order valence-corrected chi connectivity index (χ3v) is 6.60. The van der Waals surface area contributed by atoms with Gasteiger partial charge in [-0.05, 0) is 63.9 Å². The molecule has 0 atom stereocenters. The van der Waals surface area contributed by atoms with Crippen LogP contribution in [0.3, 0.4) is 0 Å². The molecule has 0 spiro atoms. The largest absolute Gasteiger partial charge is 0.463 e. The lowest BCUT2D eigenvalue weighted by Gasteiger charge is -2.40. The molecule has 1 aliphatic rings. The Kier molecular flexibility index (Phi) is 8.14. The molecule has 0 aromatic carbocycles. The minimum Gasteiger partial charge on any atom is -0.463 e. The van der Waals surface area contributed by atoms with Crippen molar-refractivity contribution in [3.8, 4) is 11.1 Å². The average Bonchev–Trinajstić information content (AvgIpc) is 2.74. The Morgan fingerprint density at radius 3 is 2.36 bits per heavy atom. The lowest BCUT2D eigenvalue weighted by molar-refractivity contribution is -0.146. The Labute approximate surface area is 200 Å². The summed E-state index contributed by atoms with van der Waals surface area (Å²) in [6, 6.07) is 4.29. The second kappa shape index (κ2) is 10.7. The molecule has 2 aromatic heterocycles. The molecule has 3 heterocycles. The van der Waals surface area contributed by atoms with Crippen LogP contribution in [0.1, 0.15) is 77.8 Å². The summed E-state index contributed by atoms with van der Waals surface area (Å²) in [6.07, 6.45) is 8.39. The summed E-state index contributed by atoms with van der Waals surface area (Å²) in [5.74, 6) is 0.462. The van der Waals surface area contributed by atoms with Crippen LogP contribution in [0.5, 0.6) is 0 Å². The van der Waals surface area contributed by atoms with Gasteiger partial charge in [-0.25, -0.2) is 0 Å². The fraction of sp³-hybridized carbons (Fsp3) is 0.607. The van der Waals surface area contributed by atoms with Gasteiger partial charge < -0.3 is 9.64 Å². The van der Waals surface area contributed by atoms with E-state index in [-0.39, 0.29) is 18.5 Å². The Bertz CT molecular complexity index is 938. The third kappa shape index (κ3) is 6.78. The Morgan fingerprint density at radius 2 is 1.79 bits per heavy atom. The number of ether oxygens (including phenoxy) is 1. The molecule has 0 radical (unpaired) electrons. The molecule has 1 aliphatic heterocycles. The quantitative estimate of drug-likeness (QED) is 0.450. The molecule has 3 rings (SSSR count). The van der Waals surface area contributed by atoms with E-state index in [1.807, 2.05) is 33.2 Å². The Balaban J connectivity index is 2.00. The number of piperidine rings is 1. The highest BCUT2D eigenvalue weighted by Crippen LogP contribution is 2.39. The number of nitrogens with zero attached hydrogens (tertiary/aromatic N) is 3. The highest BCUT2D eigenvalue weighted by molar-refractivity contribution is 5.85. The number of hydrogen-bond donors (Lipinski definition) is 0. The summed E-state index contributed by atoms with van der Waals surface area (Å²) >= 11 is 0. The second-order valence-corrected chi connectivity index (χ2v) is 10.9. The zero-order valence-corrected chi connectivity index (χ0v) is 21.6. The molecule has 0 unspecified atom stereocenters. The SMILES string of the molecule is Cc1ncc(-c2ccc(CCC(C)C)nc2)c(N2CCC(C)(C)CC2)c1CC(=O)OC(C)C. The van der Waals surface area contributed by atoms with Crippen molar-refractivity contribution in [3.63, 3.8) is 0 Å². The molecule has 0 saturated carbocycles. The van der Waals surface area contributed by atoms with Crippen LogP contribution in [0.25, 0.3) is 11.1 Å². The van der Waals surface area contributed by atoms with Crippen LogP contribution in [-0.4, -0.2) is 35.1 Å². The fourth-order valence-corrected chi connectivity index (χ4v) is 4.37. The van der Waals surface area contributed by atoms with Crippen LogP contribution in [0, 0.1) is 18.3 Å². The van der Waals surface area contributed by atoms with E-state index >= 15 is 0 Å². The van der Waals surface area contributed by atoms with Gasteiger partial charge in [0.1, 0.15) is 0 Å². The van der Waals surface area contributed by atoms with Gasteiger partial charge in [-0.1, -0.05) is 33.8 Å². The van der Waals surface area contributed by atoms with E-state index < -0.39 is 0 Å². The number of anilines is 1. The maximum atomic E-state index is 12.7. The van der Waals surface area contributed by atoms with Crippen LogP contribution in [-0.2, 0) is 22.4 Å². The van der Waals surface area contributed by atoms with Crippen molar-refractivity contribution >= 4 is 11.7 Å². The van der Waals surface area contributed by atoms with Crippen molar-refractivity contribution in [2.24, 2.45) is 11.3 Å². The van der Waals surface area contributed by atoms with Crippen molar-refractivity contribution in [1.82, 2.24) is 9.97 Å². The normalized spacial score (nSPS) is 15.8. The molecule has 1 saturated heterocycles.